The highest BCUT2D eigenvalue weighted by molar-refractivity contribution is 5.75. The predicted octanol–water partition coefficient (Wildman–Crippen LogP) is 2.07. The third-order valence-electron chi connectivity index (χ3n) is 5.95. The SMILES string of the molecule is CC(NC(=O)N1CCCC1C1CCC1)C(C)N1CCOCC1. The number of amides is 2. The Labute approximate surface area is 134 Å². The zero-order valence-electron chi connectivity index (χ0n) is 14.1. The van der Waals surface area contributed by atoms with Crippen LogP contribution < -0.4 is 5.32 Å². The fraction of sp³-hybridized carbons (Fsp3) is 0.941. The number of nitrogens with one attached hydrogen (secondary N) is 1. The first-order valence-electron chi connectivity index (χ1n) is 9.05. The normalized spacial score (nSPS) is 29.9. The number of carbonyl (C=O) groups excluding carboxylic acids is 1. The average molecular weight is 309 g/mol. The maximum atomic E-state index is 12.7. The Morgan fingerprint density at radius 3 is 2.45 bits per heavy atom. The molecule has 0 spiro atoms. The number of hydrogen-bond donors (Lipinski definition) is 1. The first kappa shape index (κ1) is 16.1. The van der Waals surface area contributed by atoms with Crippen LogP contribution in [0.3, 0.4) is 0 Å². The lowest BCUT2D eigenvalue weighted by atomic mass is 9.79. The monoisotopic (exact) mass is 309 g/mol. The minimum atomic E-state index is 0.155. The standard InChI is InChI=1S/C17H31N3O2/c1-13(14(2)19-9-11-22-12-10-19)18-17(21)20-8-4-7-16(20)15-5-3-6-15/h13-16H,3-12H2,1-2H3,(H,18,21). The van der Waals surface area contributed by atoms with E-state index in [4.69, 9.17) is 4.74 Å². The summed E-state index contributed by atoms with van der Waals surface area (Å²) in [6.45, 7) is 8.83. The van der Waals surface area contributed by atoms with Crippen LogP contribution in [0.2, 0.25) is 0 Å². The van der Waals surface area contributed by atoms with E-state index in [0.29, 0.717) is 12.1 Å². The van der Waals surface area contributed by atoms with Crippen LogP contribution in [-0.2, 0) is 4.74 Å². The van der Waals surface area contributed by atoms with E-state index in [9.17, 15) is 4.79 Å². The van der Waals surface area contributed by atoms with Crippen LogP contribution in [0, 0.1) is 5.92 Å². The van der Waals surface area contributed by atoms with E-state index in [-0.39, 0.29) is 12.1 Å². The minimum Gasteiger partial charge on any atom is -0.379 e. The van der Waals surface area contributed by atoms with Gasteiger partial charge in [-0.25, -0.2) is 4.79 Å². The summed E-state index contributed by atoms with van der Waals surface area (Å²) in [5, 5.41) is 3.26. The number of nitrogens with zero attached hydrogens (tertiary/aromatic N) is 2. The Kier molecular flexibility index (Phi) is 5.24. The summed E-state index contributed by atoms with van der Waals surface area (Å²) in [4.78, 5) is 17.2. The molecule has 1 aliphatic carbocycles. The predicted molar refractivity (Wildman–Crippen MR) is 86.9 cm³/mol. The van der Waals surface area contributed by atoms with Gasteiger partial charge in [0.1, 0.15) is 0 Å². The quantitative estimate of drug-likeness (QED) is 0.865. The third kappa shape index (κ3) is 3.40. The van der Waals surface area contributed by atoms with Crippen molar-refractivity contribution in [3.05, 3.63) is 0 Å². The number of morpholine rings is 1. The summed E-state index contributed by atoms with van der Waals surface area (Å²) in [6.07, 6.45) is 6.34. The molecule has 2 heterocycles. The highest BCUT2D eigenvalue weighted by atomic mass is 16.5. The average Bonchev–Trinajstić information content (AvgIpc) is 2.94. The van der Waals surface area contributed by atoms with E-state index in [2.05, 4.69) is 29.0 Å². The van der Waals surface area contributed by atoms with Gasteiger partial charge in [0.2, 0.25) is 0 Å². The van der Waals surface area contributed by atoms with Crippen molar-refractivity contribution in [1.82, 2.24) is 15.1 Å². The second-order valence-electron chi connectivity index (χ2n) is 7.22. The van der Waals surface area contributed by atoms with Crippen molar-refractivity contribution in [3.8, 4) is 0 Å². The lowest BCUT2D eigenvalue weighted by Crippen LogP contribution is -2.55. The smallest absolute Gasteiger partial charge is 0.317 e. The van der Waals surface area contributed by atoms with Gasteiger partial charge in [0.25, 0.3) is 0 Å². The number of ether oxygens (including phenoxy) is 1. The Hall–Kier alpha value is -0.810. The van der Waals surface area contributed by atoms with Crippen LogP contribution in [0.25, 0.3) is 0 Å². The number of urea groups is 1. The molecule has 5 nitrogen and oxygen atoms in total. The molecule has 22 heavy (non-hydrogen) atoms. The van der Waals surface area contributed by atoms with Gasteiger partial charge >= 0.3 is 6.03 Å². The molecule has 1 saturated carbocycles. The summed E-state index contributed by atoms with van der Waals surface area (Å²) < 4.78 is 5.41. The first-order valence-corrected chi connectivity index (χ1v) is 9.05. The molecule has 3 aliphatic rings. The van der Waals surface area contributed by atoms with Crippen LogP contribution in [0.15, 0.2) is 0 Å². The van der Waals surface area contributed by atoms with E-state index in [0.717, 1.165) is 38.8 Å². The van der Waals surface area contributed by atoms with Crippen molar-refractivity contribution in [3.63, 3.8) is 0 Å². The summed E-state index contributed by atoms with van der Waals surface area (Å²) >= 11 is 0. The van der Waals surface area contributed by atoms with Gasteiger partial charge < -0.3 is 15.0 Å². The van der Waals surface area contributed by atoms with E-state index in [1.165, 1.54) is 32.1 Å². The summed E-state index contributed by atoms with van der Waals surface area (Å²) in [5.74, 6) is 0.764. The minimum absolute atomic E-state index is 0.155. The van der Waals surface area contributed by atoms with Crippen molar-refractivity contribution in [2.24, 2.45) is 5.92 Å². The van der Waals surface area contributed by atoms with Crippen molar-refractivity contribution >= 4 is 6.03 Å². The van der Waals surface area contributed by atoms with Crippen LogP contribution in [0.5, 0.6) is 0 Å². The molecule has 2 saturated heterocycles. The molecule has 2 amide bonds. The second-order valence-corrected chi connectivity index (χ2v) is 7.22. The van der Waals surface area contributed by atoms with Crippen molar-refractivity contribution in [1.29, 1.82) is 0 Å². The Morgan fingerprint density at radius 2 is 1.82 bits per heavy atom. The fourth-order valence-corrected chi connectivity index (χ4v) is 4.06. The maximum Gasteiger partial charge on any atom is 0.317 e. The van der Waals surface area contributed by atoms with Gasteiger partial charge in [-0.05, 0) is 45.4 Å². The topological polar surface area (TPSA) is 44.8 Å². The van der Waals surface area contributed by atoms with Crippen LogP contribution in [0.1, 0.15) is 46.0 Å². The van der Waals surface area contributed by atoms with E-state index >= 15 is 0 Å². The Morgan fingerprint density at radius 1 is 1.09 bits per heavy atom. The molecule has 0 aromatic rings. The number of carbonyl (C=O) groups is 1. The van der Waals surface area contributed by atoms with Gasteiger partial charge in [0, 0.05) is 37.8 Å². The molecule has 2 aliphatic heterocycles. The molecule has 0 aromatic heterocycles. The van der Waals surface area contributed by atoms with E-state index in [1.54, 1.807) is 0 Å². The number of likely N-dealkylation sites (tertiary alicyclic amines) is 1. The summed E-state index contributed by atoms with van der Waals surface area (Å²) in [6, 6.07) is 1.19. The van der Waals surface area contributed by atoms with E-state index in [1.807, 2.05) is 0 Å². The van der Waals surface area contributed by atoms with Crippen LogP contribution >= 0.6 is 0 Å². The molecule has 3 rings (SSSR count). The highest BCUT2D eigenvalue weighted by Crippen LogP contribution is 2.37. The van der Waals surface area contributed by atoms with Gasteiger partial charge in [0.05, 0.1) is 13.2 Å². The van der Waals surface area contributed by atoms with Crippen molar-refractivity contribution in [2.75, 3.05) is 32.8 Å². The molecular weight excluding hydrogens is 278 g/mol. The molecule has 0 aromatic carbocycles. The number of hydrogen-bond acceptors (Lipinski definition) is 3. The molecule has 3 fully saturated rings. The van der Waals surface area contributed by atoms with E-state index < -0.39 is 0 Å². The molecular formula is C17H31N3O2. The second kappa shape index (κ2) is 7.18. The van der Waals surface area contributed by atoms with Crippen molar-refractivity contribution < 1.29 is 9.53 Å². The molecule has 1 N–H and O–H groups in total. The van der Waals surface area contributed by atoms with Gasteiger partial charge in [0.15, 0.2) is 0 Å². The van der Waals surface area contributed by atoms with Gasteiger partial charge in [-0.3, -0.25) is 4.90 Å². The molecule has 5 heteroatoms. The highest BCUT2D eigenvalue weighted by Gasteiger charge is 2.38. The van der Waals surface area contributed by atoms with Gasteiger partial charge in [-0.2, -0.15) is 0 Å². The zero-order chi connectivity index (χ0) is 15.5. The summed E-state index contributed by atoms with van der Waals surface area (Å²) in [7, 11) is 0. The lowest BCUT2D eigenvalue weighted by molar-refractivity contribution is 0.0139. The Bertz CT molecular complexity index is 380. The summed E-state index contributed by atoms with van der Waals surface area (Å²) in [5.41, 5.74) is 0. The van der Waals surface area contributed by atoms with Gasteiger partial charge in [-0.1, -0.05) is 6.42 Å². The zero-order valence-corrected chi connectivity index (χ0v) is 14.1. The maximum absolute atomic E-state index is 12.7. The molecule has 3 atom stereocenters. The molecule has 0 radical (unpaired) electrons. The first-order chi connectivity index (χ1) is 10.7. The largest absolute Gasteiger partial charge is 0.379 e. The molecule has 0 bridgehead atoms. The lowest BCUT2D eigenvalue weighted by Gasteiger charge is -2.39. The third-order valence-corrected chi connectivity index (χ3v) is 5.95. The number of rotatable bonds is 4. The van der Waals surface area contributed by atoms with Gasteiger partial charge in [-0.15, -0.1) is 0 Å². The fourth-order valence-electron chi connectivity index (χ4n) is 4.06. The van der Waals surface area contributed by atoms with Crippen LogP contribution in [0.4, 0.5) is 4.79 Å². The molecule has 3 unspecified atom stereocenters. The van der Waals surface area contributed by atoms with Crippen LogP contribution in [-0.4, -0.2) is 66.8 Å². The molecule has 126 valence electrons. The Balaban J connectivity index is 1.51. The van der Waals surface area contributed by atoms with Crippen molar-refractivity contribution in [2.45, 2.75) is 64.1 Å².